The second-order valence-corrected chi connectivity index (χ2v) is 7.18. The zero-order chi connectivity index (χ0) is 13.1. The van der Waals surface area contributed by atoms with Crippen LogP contribution in [-0.4, -0.2) is 33.0 Å². The zero-order valence-electron chi connectivity index (χ0n) is 11.7. The molecule has 0 aliphatic rings. The van der Waals surface area contributed by atoms with Gasteiger partial charge in [-0.25, -0.2) is 8.42 Å². The Bertz CT molecular complexity index is 263. The zero-order valence-corrected chi connectivity index (χ0v) is 12.5. The summed E-state index contributed by atoms with van der Waals surface area (Å²) in [5.41, 5.74) is 0. The normalized spacial score (nSPS) is 13.8. The Balaban J connectivity index is 3.60. The van der Waals surface area contributed by atoms with E-state index >= 15 is 0 Å². The molecule has 0 spiro atoms. The van der Waals surface area contributed by atoms with E-state index in [1.54, 1.807) is 0 Å². The number of rotatable bonds is 11. The number of sulfone groups is 1. The molecule has 0 heterocycles. The highest BCUT2D eigenvalue weighted by Crippen LogP contribution is 2.09. The first-order valence-corrected chi connectivity index (χ1v) is 8.96. The predicted molar refractivity (Wildman–Crippen MR) is 75.2 cm³/mol. The molecule has 0 aromatic rings. The fraction of sp³-hybridized carbons (Fsp3) is 1.00. The molecule has 0 aliphatic carbocycles. The smallest absolute Gasteiger partial charge is 0.147 e. The minimum Gasteiger partial charge on any atom is -0.314 e. The van der Waals surface area contributed by atoms with Gasteiger partial charge in [0.1, 0.15) is 9.84 Å². The average molecular weight is 263 g/mol. The first-order chi connectivity index (χ1) is 7.99. The third-order valence-corrected chi connectivity index (χ3v) is 3.92. The van der Waals surface area contributed by atoms with E-state index in [-0.39, 0.29) is 0 Å². The molecule has 3 nitrogen and oxygen atoms in total. The van der Waals surface area contributed by atoms with Gasteiger partial charge < -0.3 is 5.32 Å². The molecule has 0 radical (unpaired) electrons. The van der Waals surface area contributed by atoms with Crippen LogP contribution < -0.4 is 5.32 Å². The molecule has 0 rings (SSSR count). The Kier molecular flexibility index (Phi) is 9.84. The molecule has 17 heavy (non-hydrogen) atoms. The van der Waals surface area contributed by atoms with Crippen LogP contribution in [0.5, 0.6) is 0 Å². The molecule has 0 aromatic carbocycles. The van der Waals surface area contributed by atoms with Crippen molar-refractivity contribution < 1.29 is 8.42 Å². The van der Waals surface area contributed by atoms with Gasteiger partial charge in [-0.1, -0.05) is 33.1 Å². The standard InChI is InChI=1S/C13H29NO2S/c1-4-9-13(14-11-5-2)10-7-6-8-12-17(3,15)16/h13-14H,4-12H2,1-3H3. The minimum absolute atomic E-state index is 0.341. The van der Waals surface area contributed by atoms with Crippen LogP contribution in [0.1, 0.15) is 58.8 Å². The van der Waals surface area contributed by atoms with E-state index in [9.17, 15) is 8.42 Å². The van der Waals surface area contributed by atoms with Crippen LogP contribution in [0.4, 0.5) is 0 Å². The molecular formula is C13H29NO2S. The number of hydrogen-bond acceptors (Lipinski definition) is 3. The fourth-order valence-electron chi connectivity index (χ4n) is 1.98. The molecule has 0 saturated carbocycles. The molecule has 1 N–H and O–H groups in total. The van der Waals surface area contributed by atoms with E-state index in [0.29, 0.717) is 11.8 Å². The van der Waals surface area contributed by atoms with Gasteiger partial charge in [-0.3, -0.25) is 0 Å². The van der Waals surface area contributed by atoms with Gasteiger partial charge in [0, 0.05) is 18.1 Å². The lowest BCUT2D eigenvalue weighted by atomic mass is 10.0. The van der Waals surface area contributed by atoms with Crippen molar-refractivity contribution in [2.75, 3.05) is 18.6 Å². The number of hydrogen-bond donors (Lipinski definition) is 1. The van der Waals surface area contributed by atoms with E-state index in [1.165, 1.54) is 31.9 Å². The van der Waals surface area contributed by atoms with Crippen molar-refractivity contribution in [3.8, 4) is 0 Å². The van der Waals surface area contributed by atoms with Gasteiger partial charge in [-0.15, -0.1) is 0 Å². The highest BCUT2D eigenvalue weighted by molar-refractivity contribution is 7.90. The Morgan fingerprint density at radius 1 is 1.00 bits per heavy atom. The number of unbranched alkanes of at least 4 members (excludes halogenated alkanes) is 2. The van der Waals surface area contributed by atoms with Crippen LogP contribution >= 0.6 is 0 Å². The molecule has 0 amide bonds. The molecule has 0 aliphatic heterocycles. The molecule has 1 atom stereocenters. The van der Waals surface area contributed by atoms with Crippen molar-refractivity contribution in [2.24, 2.45) is 0 Å². The summed E-state index contributed by atoms with van der Waals surface area (Å²) in [6, 6.07) is 0.623. The highest BCUT2D eigenvalue weighted by atomic mass is 32.2. The lowest BCUT2D eigenvalue weighted by molar-refractivity contribution is 0.431. The van der Waals surface area contributed by atoms with Crippen molar-refractivity contribution >= 4 is 9.84 Å². The third-order valence-electron chi connectivity index (χ3n) is 2.89. The first-order valence-electron chi connectivity index (χ1n) is 6.90. The summed E-state index contributed by atoms with van der Waals surface area (Å²) < 4.78 is 21.9. The summed E-state index contributed by atoms with van der Waals surface area (Å²) in [5.74, 6) is 0.341. The summed E-state index contributed by atoms with van der Waals surface area (Å²) >= 11 is 0. The number of nitrogens with one attached hydrogen (secondary N) is 1. The van der Waals surface area contributed by atoms with E-state index in [2.05, 4.69) is 19.2 Å². The van der Waals surface area contributed by atoms with Crippen molar-refractivity contribution in [3.63, 3.8) is 0 Å². The molecule has 1 unspecified atom stereocenters. The van der Waals surface area contributed by atoms with Crippen LogP contribution in [-0.2, 0) is 9.84 Å². The summed E-state index contributed by atoms with van der Waals surface area (Å²) in [5, 5.41) is 3.56. The van der Waals surface area contributed by atoms with Gasteiger partial charge in [0.2, 0.25) is 0 Å². The van der Waals surface area contributed by atoms with Crippen LogP contribution in [0.15, 0.2) is 0 Å². The Morgan fingerprint density at radius 3 is 2.24 bits per heavy atom. The maximum atomic E-state index is 11.0. The van der Waals surface area contributed by atoms with Gasteiger partial charge >= 0.3 is 0 Å². The van der Waals surface area contributed by atoms with Crippen molar-refractivity contribution in [1.82, 2.24) is 5.32 Å². The second kappa shape index (κ2) is 9.89. The van der Waals surface area contributed by atoms with E-state index in [1.807, 2.05) is 0 Å². The molecule has 0 bridgehead atoms. The van der Waals surface area contributed by atoms with Gasteiger partial charge in [0.15, 0.2) is 0 Å². The van der Waals surface area contributed by atoms with Crippen molar-refractivity contribution in [1.29, 1.82) is 0 Å². The Morgan fingerprint density at radius 2 is 1.71 bits per heavy atom. The maximum absolute atomic E-state index is 11.0. The molecular weight excluding hydrogens is 234 g/mol. The third kappa shape index (κ3) is 12.2. The predicted octanol–water partition coefficient (Wildman–Crippen LogP) is 2.76. The first kappa shape index (κ1) is 16.9. The SMILES string of the molecule is CCCNC(CCC)CCCCCS(C)(=O)=O. The molecule has 104 valence electrons. The summed E-state index contributed by atoms with van der Waals surface area (Å²) in [4.78, 5) is 0. The monoisotopic (exact) mass is 263 g/mol. The molecule has 0 saturated heterocycles. The largest absolute Gasteiger partial charge is 0.314 e. The van der Waals surface area contributed by atoms with E-state index < -0.39 is 9.84 Å². The molecule has 4 heteroatoms. The van der Waals surface area contributed by atoms with Crippen LogP contribution in [0.3, 0.4) is 0 Å². The van der Waals surface area contributed by atoms with Gasteiger partial charge in [0.25, 0.3) is 0 Å². The Labute approximate surface area is 107 Å². The summed E-state index contributed by atoms with van der Waals surface area (Å²) in [6.45, 7) is 5.49. The lowest BCUT2D eigenvalue weighted by Gasteiger charge is -2.17. The topological polar surface area (TPSA) is 46.2 Å². The van der Waals surface area contributed by atoms with Gasteiger partial charge in [-0.05, 0) is 32.2 Å². The van der Waals surface area contributed by atoms with E-state index in [4.69, 9.17) is 0 Å². The van der Waals surface area contributed by atoms with Crippen LogP contribution in [0.25, 0.3) is 0 Å². The lowest BCUT2D eigenvalue weighted by Crippen LogP contribution is -2.29. The summed E-state index contributed by atoms with van der Waals surface area (Å²) in [6.07, 6.45) is 9.09. The Hall–Kier alpha value is -0.0900. The maximum Gasteiger partial charge on any atom is 0.147 e. The molecule has 0 fully saturated rings. The fourth-order valence-corrected chi connectivity index (χ4v) is 2.71. The van der Waals surface area contributed by atoms with Gasteiger partial charge in [0.05, 0.1) is 0 Å². The summed E-state index contributed by atoms with van der Waals surface area (Å²) in [7, 11) is -2.76. The van der Waals surface area contributed by atoms with Crippen LogP contribution in [0, 0.1) is 0 Å². The van der Waals surface area contributed by atoms with E-state index in [0.717, 1.165) is 25.8 Å². The van der Waals surface area contributed by atoms with Crippen LogP contribution in [0.2, 0.25) is 0 Å². The second-order valence-electron chi connectivity index (χ2n) is 4.92. The molecule has 0 aromatic heterocycles. The van der Waals surface area contributed by atoms with Gasteiger partial charge in [-0.2, -0.15) is 0 Å². The van der Waals surface area contributed by atoms with Crippen molar-refractivity contribution in [3.05, 3.63) is 0 Å². The quantitative estimate of drug-likeness (QED) is 0.583. The van der Waals surface area contributed by atoms with Crippen molar-refractivity contribution in [2.45, 2.75) is 64.8 Å². The highest BCUT2D eigenvalue weighted by Gasteiger charge is 2.06. The average Bonchev–Trinajstić information content (AvgIpc) is 2.23. The minimum atomic E-state index is -2.76.